The first-order valence-electron chi connectivity index (χ1n) is 8.54. The van der Waals surface area contributed by atoms with E-state index in [0.717, 1.165) is 50.7 Å². The third-order valence-corrected chi connectivity index (χ3v) is 5.27. The zero-order chi connectivity index (χ0) is 14.6. The Morgan fingerprint density at radius 2 is 1.85 bits per heavy atom. The average Bonchev–Trinajstić information content (AvgIpc) is 2.41. The zero-order valence-corrected chi connectivity index (χ0v) is 14.0. The Kier molecular flexibility index (Phi) is 5.88. The zero-order valence-electron chi connectivity index (χ0n) is 14.0. The second-order valence-corrected chi connectivity index (χ2v) is 7.71. The van der Waals surface area contributed by atoms with Gasteiger partial charge in [-0.25, -0.2) is 0 Å². The molecule has 1 aliphatic heterocycles. The van der Waals surface area contributed by atoms with Gasteiger partial charge in [0.15, 0.2) is 0 Å². The van der Waals surface area contributed by atoms with E-state index in [4.69, 9.17) is 4.74 Å². The van der Waals surface area contributed by atoms with E-state index < -0.39 is 0 Å². The molecule has 1 N–H and O–H groups in total. The van der Waals surface area contributed by atoms with Crippen molar-refractivity contribution in [3.8, 4) is 0 Å². The summed E-state index contributed by atoms with van der Waals surface area (Å²) in [6.45, 7) is 15.9. The lowest BCUT2D eigenvalue weighted by atomic mass is 9.67. The largest absolute Gasteiger partial charge is 0.379 e. The molecule has 2 rings (SSSR count). The van der Waals surface area contributed by atoms with Crippen LogP contribution in [0.15, 0.2) is 0 Å². The van der Waals surface area contributed by atoms with E-state index in [9.17, 15) is 0 Å². The quantitative estimate of drug-likeness (QED) is 0.858. The topological polar surface area (TPSA) is 24.5 Å². The van der Waals surface area contributed by atoms with Crippen LogP contribution in [0.3, 0.4) is 0 Å². The number of nitrogens with one attached hydrogen (secondary N) is 1. The number of morpholine rings is 1. The summed E-state index contributed by atoms with van der Waals surface area (Å²) in [6, 6.07) is 0.724. The fraction of sp³-hybridized carbons (Fsp3) is 1.00. The van der Waals surface area contributed by atoms with Crippen LogP contribution in [0.4, 0.5) is 0 Å². The van der Waals surface area contributed by atoms with Gasteiger partial charge >= 0.3 is 0 Å². The lowest BCUT2D eigenvalue weighted by Gasteiger charge is -2.44. The molecule has 1 saturated carbocycles. The second-order valence-electron chi connectivity index (χ2n) is 7.71. The van der Waals surface area contributed by atoms with Gasteiger partial charge in [0, 0.05) is 25.7 Å². The van der Waals surface area contributed by atoms with Crippen molar-refractivity contribution in [2.45, 2.75) is 53.0 Å². The lowest BCUT2D eigenvalue weighted by Crippen LogP contribution is -2.49. The molecule has 0 aromatic rings. The molecule has 0 bridgehead atoms. The molecule has 3 nitrogen and oxygen atoms in total. The molecule has 2 fully saturated rings. The Balaban J connectivity index is 1.94. The van der Waals surface area contributed by atoms with Crippen LogP contribution in [-0.4, -0.2) is 50.3 Å². The standard InChI is InChI=1S/C17H34N2O/c1-5-18-16-7-6-15(17(2,3)4)12-14(16)13-19-8-10-20-11-9-19/h14-16,18H,5-13H2,1-4H3. The first-order chi connectivity index (χ1) is 9.50. The van der Waals surface area contributed by atoms with Gasteiger partial charge in [0.1, 0.15) is 0 Å². The number of hydrogen-bond donors (Lipinski definition) is 1. The van der Waals surface area contributed by atoms with Crippen molar-refractivity contribution >= 4 is 0 Å². The second kappa shape index (κ2) is 7.24. The number of rotatable bonds is 4. The van der Waals surface area contributed by atoms with Crippen molar-refractivity contribution in [1.82, 2.24) is 10.2 Å². The summed E-state index contributed by atoms with van der Waals surface area (Å²) in [7, 11) is 0. The Hall–Kier alpha value is -0.120. The molecule has 0 aromatic carbocycles. The highest BCUT2D eigenvalue weighted by molar-refractivity contribution is 4.90. The monoisotopic (exact) mass is 282 g/mol. The first-order valence-corrected chi connectivity index (χ1v) is 8.54. The summed E-state index contributed by atoms with van der Waals surface area (Å²) in [5, 5.41) is 3.74. The van der Waals surface area contributed by atoms with Gasteiger partial charge in [0.25, 0.3) is 0 Å². The predicted octanol–water partition coefficient (Wildman–Crippen LogP) is 2.76. The molecule has 118 valence electrons. The van der Waals surface area contributed by atoms with Crippen LogP contribution in [0.25, 0.3) is 0 Å². The first kappa shape index (κ1) is 16.3. The number of ether oxygens (including phenoxy) is 1. The van der Waals surface area contributed by atoms with Crippen LogP contribution in [0.5, 0.6) is 0 Å². The third-order valence-electron chi connectivity index (χ3n) is 5.27. The molecule has 0 aromatic heterocycles. The average molecular weight is 282 g/mol. The Morgan fingerprint density at radius 3 is 2.45 bits per heavy atom. The fourth-order valence-corrected chi connectivity index (χ4v) is 3.90. The van der Waals surface area contributed by atoms with Crippen LogP contribution >= 0.6 is 0 Å². The van der Waals surface area contributed by atoms with Gasteiger partial charge in [-0.05, 0) is 43.1 Å². The van der Waals surface area contributed by atoms with E-state index in [1.165, 1.54) is 25.8 Å². The maximum atomic E-state index is 5.48. The normalized spacial score (nSPS) is 33.3. The number of hydrogen-bond acceptors (Lipinski definition) is 3. The minimum Gasteiger partial charge on any atom is -0.379 e. The summed E-state index contributed by atoms with van der Waals surface area (Å²) in [6.07, 6.45) is 4.13. The highest BCUT2D eigenvalue weighted by Crippen LogP contribution is 2.40. The van der Waals surface area contributed by atoms with Gasteiger partial charge < -0.3 is 10.1 Å². The Bertz CT molecular complexity index is 281. The lowest BCUT2D eigenvalue weighted by molar-refractivity contribution is 0.0154. The van der Waals surface area contributed by atoms with Gasteiger partial charge in [-0.2, -0.15) is 0 Å². The Labute approximate surface area is 125 Å². The summed E-state index contributed by atoms with van der Waals surface area (Å²) < 4.78 is 5.48. The maximum Gasteiger partial charge on any atom is 0.0594 e. The molecule has 1 heterocycles. The van der Waals surface area contributed by atoms with Gasteiger partial charge in [0.05, 0.1) is 13.2 Å². The molecule has 0 amide bonds. The molecular formula is C17H34N2O. The molecule has 0 radical (unpaired) electrons. The predicted molar refractivity (Wildman–Crippen MR) is 85.0 cm³/mol. The van der Waals surface area contributed by atoms with Crippen LogP contribution in [0.2, 0.25) is 0 Å². The minimum absolute atomic E-state index is 0.459. The maximum absolute atomic E-state index is 5.48. The molecular weight excluding hydrogens is 248 g/mol. The van der Waals surface area contributed by atoms with Gasteiger partial charge in [-0.1, -0.05) is 27.7 Å². The third kappa shape index (κ3) is 4.44. The summed E-state index contributed by atoms with van der Waals surface area (Å²) in [4.78, 5) is 2.61. The van der Waals surface area contributed by atoms with Gasteiger partial charge in [0.2, 0.25) is 0 Å². The molecule has 20 heavy (non-hydrogen) atoms. The summed E-state index contributed by atoms with van der Waals surface area (Å²) in [5.41, 5.74) is 0.459. The van der Waals surface area contributed by atoms with Gasteiger partial charge in [-0.15, -0.1) is 0 Å². The van der Waals surface area contributed by atoms with Crippen molar-refractivity contribution in [2.75, 3.05) is 39.4 Å². The van der Waals surface area contributed by atoms with E-state index >= 15 is 0 Å². The Morgan fingerprint density at radius 1 is 1.15 bits per heavy atom. The van der Waals surface area contributed by atoms with Crippen molar-refractivity contribution in [3.05, 3.63) is 0 Å². The molecule has 3 heteroatoms. The minimum atomic E-state index is 0.459. The van der Waals surface area contributed by atoms with Crippen molar-refractivity contribution < 1.29 is 4.74 Å². The number of nitrogens with zero attached hydrogens (tertiary/aromatic N) is 1. The molecule has 1 saturated heterocycles. The van der Waals surface area contributed by atoms with E-state index in [1.807, 2.05) is 0 Å². The SMILES string of the molecule is CCNC1CCC(C(C)(C)C)CC1CN1CCOCC1. The van der Waals surface area contributed by atoms with Crippen LogP contribution in [0.1, 0.15) is 47.0 Å². The van der Waals surface area contributed by atoms with Crippen LogP contribution in [0, 0.1) is 17.3 Å². The van der Waals surface area contributed by atoms with E-state index in [0.29, 0.717) is 5.41 Å². The van der Waals surface area contributed by atoms with Crippen molar-refractivity contribution in [2.24, 2.45) is 17.3 Å². The van der Waals surface area contributed by atoms with Crippen LogP contribution in [-0.2, 0) is 4.74 Å². The molecule has 0 spiro atoms. The van der Waals surface area contributed by atoms with E-state index in [1.54, 1.807) is 0 Å². The van der Waals surface area contributed by atoms with Crippen molar-refractivity contribution in [3.63, 3.8) is 0 Å². The smallest absolute Gasteiger partial charge is 0.0594 e. The summed E-state index contributed by atoms with van der Waals surface area (Å²) in [5.74, 6) is 1.69. The van der Waals surface area contributed by atoms with E-state index in [-0.39, 0.29) is 0 Å². The molecule has 3 atom stereocenters. The molecule has 3 unspecified atom stereocenters. The van der Waals surface area contributed by atoms with Gasteiger partial charge in [-0.3, -0.25) is 4.90 Å². The molecule has 1 aliphatic carbocycles. The fourth-order valence-electron chi connectivity index (χ4n) is 3.90. The highest BCUT2D eigenvalue weighted by atomic mass is 16.5. The summed E-state index contributed by atoms with van der Waals surface area (Å²) >= 11 is 0. The van der Waals surface area contributed by atoms with E-state index in [2.05, 4.69) is 37.9 Å². The van der Waals surface area contributed by atoms with Crippen LogP contribution < -0.4 is 5.32 Å². The highest BCUT2D eigenvalue weighted by Gasteiger charge is 2.36. The van der Waals surface area contributed by atoms with Crippen molar-refractivity contribution in [1.29, 1.82) is 0 Å². The molecule has 2 aliphatic rings.